The molecule has 1 aliphatic rings. The van der Waals surface area contributed by atoms with E-state index in [1.54, 1.807) is 0 Å². The number of benzene rings is 1. The lowest BCUT2D eigenvalue weighted by Gasteiger charge is -2.30. The third-order valence-electron chi connectivity index (χ3n) is 4.05. The first-order valence-corrected chi connectivity index (χ1v) is 6.87. The molecular formula is C16H23NO. The quantitative estimate of drug-likeness (QED) is 0.813. The van der Waals surface area contributed by atoms with Crippen molar-refractivity contribution in [2.75, 3.05) is 18.5 Å². The molecule has 0 aliphatic heterocycles. The maximum absolute atomic E-state index is 12.0. The predicted molar refractivity (Wildman–Crippen MR) is 76.0 cm³/mol. The molecule has 2 unspecified atom stereocenters. The van der Waals surface area contributed by atoms with Crippen molar-refractivity contribution in [3.8, 4) is 0 Å². The summed E-state index contributed by atoms with van der Waals surface area (Å²) in [6, 6.07) is 8.37. The van der Waals surface area contributed by atoms with Gasteiger partial charge < -0.3 is 4.90 Å². The Kier molecular flexibility index (Phi) is 4.05. The summed E-state index contributed by atoms with van der Waals surface area (Å²) in [7, 11) is 2.09. The van der Waals surface area contributed by atoms with E-state index in [0.717, 1.165) is 25.8 Å². The Labute approximate surface area is 110 Å². The molecule has 2 heteroatoms. The van der Waals surface area contributed by atoms with Crippen molar-refractivity contribution < 1.29 is 4.79 Å². The smallest absolute Gasteiger partial charge is 0.137 e. The average Bonchev–Trinajstić information content (AvgIpc) is 2.34. The average molecular weight is 245 g/mol. The molecule has 0 aromatic heterocycles. The van der Waals surface area contributed by atoms with Crippen molar-refractivity contribution in [1.82, 2.24) is 0 Å². The number of carbonyl (C=O) groups is 1. The minimum absolute atomic E-state index is 0.221. The molecule has 2 atom stereocenters. The van der Waals surface area contributed by atoms with Crippen LogP contribution in [0.25, 0.3) is 0 Å². The maximum atomic E-state index is 12.0. The van der Waals surface area contributed by atoms with Gasteiger partial charge in [0.05, 0.1) is 0 Å². The minimum atomic E-state index is 0.221. The zero-order valence-corrected chi connectivity index (χ0v) is 11.6. The van der Waals surface area contributed by atoms with Crippen molar-refractivity contribution >= 4 is 11.5 Å². The van der Waals surface area contributed by atoms with Crippen LogP contribution in [0.15, 0.2) is 24.3 Å². The molecule has 18 heavy (non-hydrogen) atoms. The number of aryl methyl sites for hydroxylation is 1. The van der Waals surface area contributed by atoms with Crippen molar-refractivity contribution in [1.29, 1.82) is 0 Å². The van der Waals surface area contributed by atoms with Gasteiger partial charge in [0.1, 0.15) is 5.78 Å². The number of carbonyl (C=O) groups excluding carboxylic acids is 1. The number of ketones is 1. The van der Waals surface area contributed by atoms with Crippen LogP contribution < -0.4 is 4.90 Å². The number of hydrogen-bond donors (Lipinski definition) is 0. The summed E-state index contributed by atoms with van der Waals surface area (Å²) in [6.07, 6.45) is 2.89. The molecule has 1 fully saturated rings. The van der Waals surface area contributed by atoms with E-state index < -0.39 is 0 Å². The maximum Gasteiger partial charge on any atom is 0.137 e. The van der Waals surface area contributed by atoms with Crippen molar-refractivity contribution in [2.45, 2.75) is 33.1 Å². The van der Waals surface area contributed by atoms with Gasteiger partial charge in [0.25, 0.3) is 0 Å². The van der Waals surface area contributed by atoms with Gasteiger partial charge in [-0.05, 0) is 37.3 Å². The zero-order chi connectivity index (χ0) is 13.1. The fourth-order valence-electron chi connectivity index (χ4n) is 2.92. The van der Waals surface area contributed by atoms with Gasteiger partial charge in [-0.25, -0.2) is 0 Å². The predicted octanol–water partition coefficient (Wildman–Crippen LogP) is 3.44. The Balaban J connectivity index is 2.05. The first kappa shape index (κ1) is 13.1. The van der Waals surface area contributed by atoms with Crippen LogP contribution in [-0.2, 0) is 4.79 Å². The topological polar surface area (TPSA) is 20.3 Å². The van der Waals surface area contributed by atoms with E-state index in [2.05, 4.69) is 50.1 Å². The number of anilines is 1. The summed E-state index contributed by atoms with van der Waals surface area (Å²) in [6.45, 7) is 5.23. The molecule has 1 aliphatic carbocycles. The van der Waals surface area contributed by atoms with Gasteiger partial charge in [-0.3, -0.25) is 4.79 Å². The van der Waals surface area contributed by atoms with E-state index in [-0.39, 0.29) is 5.92 Å². The first-order valence-electron chi connectivity index (χ1n) is 6.87. The molecule has 0 amide bonds. The Bertz CT molecular complexity index is 427. The third-order valence-corrected chi connectivity index (χ3v) is 4.05. The highest BCUT2D eigenvalue weighted by atomic mass is 16.1. The lowest BCUT2D eigenvalue weighted by molar-refractivity contribution is -0.125. The molecule has 2 rings (SSSR count). The third kappa shape index (κ3) is 2.92. The van der Waals surface area contributed by atoms with E-state index in [9.17, 15) is 4.79 Å². The van der Waals surface area contributed by atoms with Crippen molar-refractivity contribution in [3.63, 3.8) is 0 Å². The molecule has 0 heterocycles. The van der Waals surface area contributed by atoms with E-state index in [1.807, 2.05) is 0 Å². The van der Waals surface area contributed by atoms with Gasteiger partial charge in [0.2, 0.25) is 0 Å². The normalized spacial score (nSPS) is 24.1. The molecular weight excluding hydrogens is 222 g/mol. The summed E-state index contributed by atoms with van der Waals surface area (Å²) >= 11 is 0. The summed E-state index contributed by atoms with van der Waals surface area (Å²) in [5.74, 6) is 1.37. The number of nitrogens with zero attached hydrogens (tertiary/aromatic N) is 1. The highest BCUT2D eigenvalue weighted by Crippen LogP contribution is 2.28. The second kappa shape index (κ2) is 5.55. The zero-order valence-electron chi connectivity index (χ0n) is 11.6. The molecule has 0 radical (unpaired) electrons. The fourth-order valence-corrected chi connectivity index (χ4v) is 2.92. The molecule has 0 spiro atoms. The van der Waals surface area contributed by atoms with E-state index in [0.29, 0.717) is 11.7 Å². The first-order chi connectivity index (χ1) is 8.58. The Hall–Kier alpha value is -1.31. The fraction of sp³-hybridized carbons (Fsp3) is 0.562. The summed E-state index contributed by atoms with van der Waals surface area (Å²) < 4.78 is 0. The molecule has 1 saturated carbocycles. The number of rotatable bonds is 3. The van der Waals surface area contributed by atoms with Crippen LogP contribution >= 0.6 is 0 Å². The molecule has 0 saturated heterocycles. The van der Waals surface area contributed by atoms with Crippen LogP contribution in [0.2, 0.25) is 0 Å². The second-order valence-electron chi connectivity index (χ2n) is 5.71. The second-order valence-corrected chi connectivity index (χ2v) is 5.71. The van der Waals surface area contributed by atoms with Gasteiger partial charge >= 0.3 is 0 Å². The summed E-state index contributed by atoms with van der Waals surface area (Å²) in [4.78, 5) is 14.2. The SMILES string of the molecule is Cc1ccccc1N(C)CC1CC(C)CCC1=O. The molecule has 1 aromatic rings. The summed E-state index contributed by atoms with van der Waals surface area (Å²) in [5, 5.41) is 0. The Morgan fingerprint density at radius 2 is 2.06 bits per heavy atom. The molecule has 98 valence electrons. The lowest BCUT2D eigenvalue weighted by Crippen LogP contribution is -2.34. The standard InChI is InChI=1S/C16H23NO/c1-12-8-9-16(18)14(10-12)11-17(3)15-7-5-4-6-13(15)2/h4-7,12,14H,8-11H2,1-3H3. The number of para-hydroxylation sites is 1. The number of hydrogen-bond acceptors (Lipinski definition) is 2. The van der Waals surface area contributed by atoms with Crippen LogP contribution in [0.4, 0.5) is 5.69 Å². The van der Waals surface area contributed by atoms with Gasteiger partial charge in [0, 0.05) is 31.6 Å². The molecule has 2 nitrogen and oxygen atoms in total. The Morgan fingerprint density at radius 3 is 2.78 bits per heavy atom. The monoisotopic (exact) mass is 245 g/mol. The van der Waals surface area contributed by atoms with E-state index in [1.165, 1.54) is 11.3 Å². The minimum Gasteiger partial charge on any atom is -0.374 e. The van der Waals surface area contributed by atoms with Crippen LogP contribution in [0, 0.1) is 18.8 Å². The van der Waals surface area contributed by atoms with Gasteiger partial charge in [-0.15, -0.1) is 0 Å². The molecule has 0 N–H and O–H groups in total. The van der Waals surface area contributed by atoms with Crippen LogP contribution in [-0.4, -0.2) is 19.4 Å². The van der Waals surface area contributed by atoms with Gasteiger partial charge in [0.15, 0.2) is 0 Å². The van der Waals surface area contributed by atoms with Crippen molar-refractivity contribution in [3.05, 3.63) is 29.8 Å². The Morgan fingerprint density at radius 1 is 1.33 bits per heavy atom. The largest absolute Gasteiger partial charge is 0.374 e. The van der Waals surface area contributed by atoms with E-state index >= 15 is 0 Å². The number of Topliss-reactive ketones (excluding diaryl/α,β-unsaturated/α-hetero) is 1. The van der Waals surface area contributed by atoms with Gasteiger partial charge in [-0.1, -0.05) is 25.1 Å². The van der Waals surface area contributed by atoms with Gasteiger partial charge in [-0.2, -0.15) is 0 Å². The van der Waals surface area contributed by atoms with Crippen LogP contribution in [0.5, 0.6) is 0 Å². The van der Waals surface area contributed by atoms with Crippen LogP contribution in [0.1, 0.15) is 31.7 Å². The summed E-state index contributed by atoms with van der Waals surface area (Å²) in [5.41, 5.74) is 2.51. The van der Waals surface area contributed by atoms with Crippen LogP contribution in [0.3, 0.4) is 0 Å². The molecule has 0 bridgehead atoms. The lowest BCUT2D eigenvalue weighted by atomic mass is 9.81. The highest BCUT2D eigenvalue weighted by molar-refractivity contribution is 5.82. The molecule has 1 aromatic carbocycles. The van der Waals surface area contributed by atoms with Crippen molar-refractivity contribution in [2.24, 2.45) is 11.8 Å². The van der Waals surface area contributed by atoms with E-state index in [4.69, 9.17) is 0 Å². The highest BCUT2D eigenvalue weighted by Gasteiger charge is 2.27.